The van der Waals surface area contributed by atoms with Crippen molar-refractivity contribution in [2.24, 2.45) is 5.90 Å². The molecule has 2 N–H and O–H groups in total. The summed E-state index contributed by atoms with van der Waals surface area (Å²) in [7, 11) is 1.67. The molecule has 6 rings (SSSR count). The molecule has 0 amide bonds. The van der Waals surface area contributed by atoms with E-state index in [1.807, 2.05) is 31.2 Å². The van der Waals surface area contributed by atoms with Crippen LogP contribution in [-0.4, -0.2) is 52.2 Å². The van der Waals surface area contributed by atoms with Crippen LogP contribution in [0.2, 0.25) is 5.02 Å². The molecule has 4 aromatic rings. The van der Waals surface area contributed by atoms with Crippen molar-refractivity contribution >= 4 is 28.6 Å². The van der Waals surface area contributed by atoms with Crippen LogP contribution in [0.5, 0.6) is 11.5 Å². The fourth-order valence-corrected chi connectivity index (χ4v) is 5.85. The quantitative estimate of drug-likeness (QED) is 0.295. The van der Waals surface area contributed by atoms with Crippen molar-refractivity contribution < 1.29 is 23.8 Å². The number of nitrogens with two attached hydrogens (primary N) is 1. The molecule has 2 aliphatic heterocycles. The fraction of sp³-hybridized carbons (Fsp3) is 0.367. The lowest BCUT2D eigenvalue weighted by Crippen LogP contribution is -2.34. The number of para-hydroxylation sites is 1. The molecule has 11 heteroatoms. The van der Waals surface area contributed by atoms with Gasteiger partial charge in [0, 0.05) is 32.3 Å². The van der Waals surface area contributed by atoms with Gasteiger partial charge in [-0.25, -0.2) is 9.78 Å². The number of fused-ring (bicyclic) bond motifs is 2. The highest BCUT2D eigenvalue weighted by molar-refractivity contribution is 6.30. The maximum absolute atomic E-state index is 12.0. The largest absolute Gasteiger partial charge is 0.443 e. The van der Waals surface area contributed by atoms with Gasteiger partial charge in [0.05, 0.1) is 34.8 Å². The number of pyridine rings is 1. The molecular formula is C30H32ClN5O5. The number of hydrogen-bond acceptors (Lipinski definition) is 9. The lowest BCUT2D eigenvalue weighted by Gasteiger charge is -2.32. The van der Waals surface area contributed by atoms with Crippen LogP contribution >= 0.6 is 11.6 Å². The van der Waals surface area contributed by atoms with E-state index in [0.717, 1.165) is 59.9 Å². The second kappa shape index (κ2) is 11.3. The molecule has 1 saturated heterocycles. The molecule has 0 aliphatic carbocycles. The monoisotopic (exact) mass is 577 g/mol. The van der Waals surface area contributed by atoms with Gasteiger partial charge in [0.25, 0.3) is 5.79 Å². The van der Waals surface area contributed by atoms with Crippen LogP contribution in [0.25, 0.3) is 11.0 Å². The number of imidazole rings is 1. The number of methoxy groups -OCH3 is 1. The highest BCUT2D eigenvalue weighted by Crippen LogP contribution is 2.49. The average molecular weight is 578 g/mol. The zero-order valence-corrected chi connectivity index (χ0v) is 23.8. The maximum atomic E-state index is 12.0. The Labute approximate surface area is 242 Å². The third-order valence-electron chi connectivity index (χ3n) is 7.89. The van der Waals surface area contributed by atoms with Gasteiger partial charge in [-0.3, -0.25) is 9.88 Å². The number of likely N-dealkylation sites (tertiary alicyclic amines) is 1. The number of nitrogens with zero attached hydrogens (tertiary/aromatic N) is 4. The van der Waals surface area contributed by atoms with E-state index < -0.39 is 11.8 Å². The van der Waals surface area contributed by atoms with Gasteiger partial charge < -0.3 is 23.6 Å². The van der Waals surface area contributed by atoms with Crippen LogP contribution in [0.4, 0.5) is 0 Å². The zero-order chi connectivity index (χ0) is 28.6. The average Bonchev–Trinajstić information content (AvgIpc) is 3.52. The van der Waals surface area contributed by atoms with Crippen LogP contribution < -0.4 is 15.4 Å². The van der Waals surface area contributed by atoms with Gasteiger partial charge in [-0.15, -0.1) is 0 Å². The normalized spacial score (nSPS) is 19.1. The Hall–Kier alpha value is -3.70. The molecule has 2 aromatic carbocycles. The first-order chi connectivity index (χ1) is 19.9. The van der Waals surface area contributed by atoms with Gasteiger partial charge in [0.2, 0.25) is 0 Å². The fourth-order valence-electron chi connectivity index (χ4n) is 5.74. The Morgan fingerprint density at radius 3 is 2.73 bits per heavy atom. The smallest absolute Gasteiger partial charge is 0.356 e. The minimum absolute atomic E-state index is 0.336. The highest BCUT2D eigenvalue weighted by atomic mass is 35.5. The van der Waals surface area contributed by atoms with Crippen molar-refractivity contribution in [3.8, 4) is 11.5 Å². The first-order valence-electron chi connectivity index (χ1n) is 13.6. The number of carbonyl (C=O) groups excluding carboxylic acids is 1. The summed E-state index contributed by atoms with van der Waals surface area (Å²) in [4.78, 5) is 28.2. The zero-order valence-electron chi connectivity index (χ0n) is 23.0. The van der Waals surface area contributed by atoms with Crippen molar-refractivity contribution in [3.05, 3.63) is 82.4 Å². The third-order valence-corrected chi connectivity index (χ3v) is 8.11. The Bertz CT molecular complexity index is 1570. The Morgan fingerprint density at radius 1 is 1.17 bits per heavy atom. The molecular weight excluding hydrogens is 546 g/mol. The second-order valence-electron chi connectivity index (χ2n) is 10.5. The van der Waals surface area contributed by atoms with Crippen molar-refractivity contribution in [3.63, 3.8) is 0 Å². The summed E-state index contributed by atoms with van der Waals surface area (Å²) < 4.78 is 20.2. The van der Waals surface area contributed by atoms with E-state index in [0.29, 0.717) is 41.9 Å². The molecule has 2 aliphatic rings. The molecule has 1 unspecified atom stereocenters. The standard InChI is InChI=1S/C30H32ClN5O5/c1-30(26-9-7-21(31)17-33-26)39-25-5-3-4-22(28(25)40-30)19-10-12-35(13-11-19)18-27-34-23-8-6-20(29(37)41-32)16-24(23)36(27)14-15-38-2/h3-9,16-17,19H,10-15,18,32H2,1-2H3. The summed E-state index contributed by atoms with van der Waals surface area (Å²) in [5.41, 5.74) is 3.88. The lowest BCUT2D eigenvalue weighted by atomic mass is 9.88. The van der Waals surface area contributed by atoms with Crippen molar-refractivity contribution in [1.29, 1.82) is 0 Å². The van der Waals surface area contributed by atoms with E-state index in [1.54, 1.807) is 31.5 Å². The number of halogens is 1. The molecule has 2 aromatic heterocycles. The number of carbonyl (C=O) groups is 1. The van der Waals surface area contributed by atoms with Crippen molar-refractivity contribution in [1.82, 2.24) is 19.4 Å². The van der Waals surface area contributed by atoms with Gasteiger partial charge in [0.1, 0.15) is 11.5 Å². The number of hydrogen-bond donors (Lipinski definition) is 1. The predicted molar refractivity (Wildman–Crippen MR) is 153 cm³/mol. The van der Waals surface area contributed by atoms with Crippen molar-refractivity contribution in [2.75, 3.05) is 26.8 Å². The number of aromatic nitrogens is 3. The second-order valence-corrected chi connectivity index (χ2v) is 11.0. The Kier molecular flexibility index (Phi) is 7.56. The van der Waals surface area contributed by atoms with Crippen LogP contribution in [-0.2, 0) is 28.5 Å². The maximum Gasteiger partial charge on any atom is 0.356 e. The van der Waals surface area contributed by atoms with E-state index in [9.17, 15) is 4.79 Å². The van der Waals surface area contributed by atoms with Crippen LogP contribution in [0.1, 0.15) is 53.1 Å². The molecule has 41 heavy (non-hydrogen) atoms. The summed E-state index contributed by atoms with van der Waals surface area (Å²) in [6.07, 6.45) is 3.55. The van der Waals surface area contributed by atoms with E-state index >= 15 is 0 Å². The first kappa shape index (κ1) is 27.5. The minimum atomic E-state index is -1.01. The summed E-state index contributed by atoms with van der Waals surface area (Å²) in [6, 6.07) is 15.0. The minimum Gasteiger partial charge on any atom is -0.443 e. The van der Waals surface area contributed by atoms with E-state index in [1.165, 1.54) is 0 Å². The summed E-state index contributed by atoms with van der Waals surface area (Å²) in [5.74, 6) is 6.30. The number of ether oxygens (including phenoxy) is 3. The van der Waals surface area contributed by atoms with Gasteiger partial charge in [0.15, 0.2) is 11.5 Å². The van der Waals surface area contributed by atoms with E-state index in [4.69, 9.17) is 36.7 Å². The first-order valence-corrected chi connectivity index (χ1v) is 14.0. The molecule has 4 heterocycles. The predicted octanol–water partition coefficient (Wildman–Crippen LogP) is 4.79. The summed E-state index contributed by atoms with van der Waals surface area (Å²) >= 11 is 6.04. The number of benzene rings is 2. The third kappa shape index (κ3) is 5.36. The molecule has 1 fully saturated rings. The van der Waals surface area contributed by atoms with E-state index in [2.05, 4.69) is 25.4 Å². The molecule has 0 bridgehead atoms. The van der Waals surface area contributed by atoms with E-state index in [-0.39, 0.29) is 0 Å². The Morgan fingerprint density at radius 2 is 2.00 bits per heavy atom. The number of piperidine rings is 1. The molecule has 10 nitrogen and oxygen atoms in total. The van der Waals surface area contributed by atoms with Gasteiger partial charge in [-0.1, -0.05) is 23.7 Å². The topological polar surface area (TPSA) is 114 Å². The summed E-state index contributed by atoms with van der Waals surface area (Å²) in [6.45, 7) is 5.53. The molecule has 1 atom stereocenters. The van der Waals surface area contributed by atoms with Crippen LogP contribution in [0.3, 0.4) is 0 Å². The van der Waals surface area contributed by atoms with Crippen LogP contribution in [0, 0.1) is 0 Å². The van der Waals surface area contributed by atoms with Gasteiger partial charge >= 0.3 is 5.97 Å². The van der Waals surface area contributed by atoms with Crippen LogP contribution in [0.15, 0.2) is 54.7 Å². The molecule has 0 spiro atoms. The molecule has 0 saturated carbocycles. The van der Waals surface area contributed by atoms with Crippen molar-refractivity contribution in [2.45, 2.75) is 44.6 Å². The van der Waals surface area contributed by atoms with Gasteiger partial charge in [-0.2, -0.15) is 5.90 Å². The van der Waals surface area contributed by atoms with Gasteiger partial charge in [-0.05, 0) is 68.2 Å². The lowest BCUT2D eigenvalue weighted by molar-refractivity contribution is -0.0722. The SMILES string of the molecule is COCCn1c(CN2CCC(c3cccc4c3OC(C)(c3ccc(Cl)cn3)O4)CC2)nc2ccc(C(=O)ON)cc21. The summed E-state index contributed by atoms with van der Waals surface area (Å²) in [5, 5.41) is 0.565. The Balaban J connectivity index is 1.17. The molecule has 0 radical (unpaired) electrons. The molecule has 214 valence electrons. The number of rotatable bonds is 8. The highest BCUT2D eigenvalue weighted by Gasteiger charge is 2.42.